The maximum absolute atomic E-state index is 6.87. The minimum Gasteiger partial charge on any atom is -0.511 e. The smallest absolute Gasteiger partial charge is 0.471 e. The molecule has 138 valence electrons. The van der Waals surface area contributed by atoms with Crippen LogP contribution in [0.25, 0.3) is 11.8 Å². The van der Waals surface area contributed by atoms with Gasteiger partial charge in [-0.3, -0.25) is 0 Å². The number of hydrogen-bond donors (Lipinski definition) is 0. The Hall–Kier alpha value is -2.00. The van der Waals surface area contributed by atoms with Gasteiger partial charge in [0, 0.05) is 10.1 Å². The van der Waals surface area contributed by atoms with E-state index in [4.69, 9.17) is 8.85 Å². The molecular formula is C23H30O2Si. The third kappa shape index (κ3) is 3.21. The monoisotopic (exact) mass is 366 g/mol. The summed E-state index contributed by atoms with van der Waals surface area (Å²) in [7, 11) is -2.64. The van der Waals surface area contributed by atoms with Crippen LogP contribution in [0.4, 0.5) is 0 Å². The molecule has 0 spiro atoms. The summed E-state index contributed by atoms with van der Waals surface area (Å²) in [6, 6.07) is 16.8. The summed E-state index contributed by atoms with van der Waals surface area (Å²) in [4.78, 5) is 0. The molecule has 0 atom stereocenters. The summed E-state index contributed by atoms with van der Waals surface area (Å²) in [5, 5.41) is -0.160. The zero-order valence-corrected chi connectivity index (χ0v) is 18.0. The van der Waals surface area contributed by atoms with Crippen LogP contribution in [0.2, 0.25) is 10.1 Å². The van der Waals surface area contributed by atoms with E-state index in [0.717, 1.165) is 22.6 Å². The van der Waals surface area contributed by atoms with Crippen LogP contribution in [0.5, 0.6) is 5.75 Å². The maximum Gasteiger partial charge on any atom is 0.471 e. The normalized spacial score (nSPS) is 18.0. The lowest BCUT2D eigenvalue weighted by Gasteiger charge is -2.51. The largest absolute Gasteiger partial charge is 0.511 e. The van der Waals surface area contributed by atoms with Gasteiger partial charge >= 0.3 is 8.56 Å². The summed E-state index contributed by atoms with van der Waals surface area (Å²) in [5.41, 5.74) is 3.39. The highest BCUT2D eigenvalue weighted by Crippen LogP contribution is 2.56. The molecule has 0 N–H and O–H groups in total. The van der Waals surface area contributed by atoms with E-state index in [1.54, 1.807) is 0 Å². The van der Waals surface area contributed by atoms with Gasteiger partial charge in [0.2, 0.25) is 0 Å². The van der Waals surface area contributed by atoms with Crippen molar-refractivity contribution in [1.82, 2.24) is 0 Å². The van der Waals surface area contributed by atoms with Crippen molar-refractivity contribution in [3.05, 3.63) is 65.2 Å². The lowest BCUT2D eigenvalue weighted by molar-refractivity contribution is 0.262. The molecule has 0 fully saturated rings. The van der Waals surface area contributed by atoms with Crippen LogP contribution in [-0.2, 0) is 4.43 Å². The number of aryl methyl sites for hydroxylation is 1. The van der Waals surface area contributed by atoms with E-state index >= 15 is 0 Å². The predicted octanol–water partition coefficient (Wildman–Crippen LogP) is 6.94. The first-order valence-electron chi connectivity index (χ1n) is 9.29. The van der Waals surface area contributed by atoms with Gasteiger partial charge in [-0.25, -0.2) is 0 Å². The third-order valence-electron chi connectivity index (χ3n) is 4.98. The molecule has 0 aromatic heterocycles. The summed E-state index contributed by atoms with van der Waals surface area (Å²) in [6.07, 6.45) is 2.15. The maximum atomic E-state index is 6.87. The van der Waals surface area contributed by atoms with Crippen LogP contribution in [-0.4, -0.2) is 8.56 Å². The van der Waals surface area contributed by atoms with Gasteiger partial charge in [0.15, 0.2) is 0 Å². The van der Waals surface area contributed by atoms with Crippen LogP contribution >= 0.6 is 0 Å². The zero-order chi connectivity index (χ0) is 19.2. The van der Waals surface area contributed by atoms with Gasteiger partial charge in [0.05, 0.1) is 5.56 Å². The van der Waals surface area contributed by atoms with Crippen molar-refractivity contribution in [2.45, 2.75) is 58.5 Å². The molecule has 0 unspecified atom stereocenters. The average molecular weight is 367 g/mol. The summed E-state index contributed by atoms with van der Waals surface area (Å²) in [6.45, 7) is 15.5. The standard InChI is InChI=1S/C23H30O2Si/c1-17-13-14-20-19(15-17)21(16-18-11-9-8-10-12-18)25-26(24-20,22(2,3)4)23(5,6)7/h8-16H,1-7H3/b21-16-. The van der Waals surface area contributed by atoms with E-state index in [2.05, 4.69) is 97.0 Å². The van der Waals surface area contributed by atoms with Crippen LogP contribution < -0.4 is 4.43 Å². The molecule has 2 aromatic rings. The fourth-order valence-electron chi connectivity index (χ4n) is 3.86. The quantitative estimate of drug-likeness (QED) is 0.509. The Kier molecular flexibility index (Phi) is 4.56. The molecule has 0 saturated carbocycles. The van der Waals surface area contributed by atoms with Gasteiger partial charge in [-0.1, -0.05) is 83.5 Å². The first-order chi connectivity index (χ1) is 12.0. The van der Waals surface area contributed by atoms with Gasteiger partial charge in [-0.15, -0.1) is 0 Å². The number of rotatable bonds is 1. The Labute approximate surface area is 159 Å². The molecule has 2 aromatic carbocycles. The molecule has 0 radical (unpaired) electrons. The third-order valence-corrected chi connectivity index (χ3v) is 9.94. The molecule has 1 aliphatic rings. The summed E-state index contributed by atoms with van der Waals surface area (Å²) in [5.74, 6) is 1.87. The van der Waals surface area contributed by atoms with Crippen molar-refractivity contribution >= 4 is 20.4 Å². The van der Waals surface area contributed by atoms with E-state index in [1.807, 2.05) is 6.07 Å². The molecule has 26 heavy (non-hydrogen) atoms. The highest BCUT2D eigenvalue weighted by molar-refractivity contribution is 6.75. The van der Waals surface area contributed by atoms with E-state index in [-0.39, 0.29) is 10.1 Å². The molecule has 0 amide bonds. The van der Waals surface area contributed by atoms with Crippen molar-refractivity contribution in [3.63, 3.8) is 0 Å². The topological polar surface area (TPSA) is 18.5 Å². The van der Waals surface area contributed by atoms with E-state index < -0.39 is 8.56 Å². The van der Waals surface area contributed by atoms with Gasteiger partial charge in [0.25, 0.3) is 0 Å². The van der Waals surface area contributed by atoms with Crippen molar-refractivity contribution in [2.24, 2.45) is 0 Å². The van der Waals surface area contributed by atoms with Gasteiger partial charge in [-0.2, -0.15) is 0 Å². The predicted molar refractivity (Wildman–Crippen MR) is 112 cm³/mol. The molecule has 0 aliphatic carbocycles. The zero-order valence-electron chi connectivity index (χ0n) is 17.0. The van der Waals surface area contributed by atoms with Crippen LogP contribution in [0.1, 0.15) is 58.2 Å². The van der Waals surface area contributed by atoms with Crippen LogP contribution in [0.15, 0.2) is 48.5 Å². The van der Waals surface area contributed by atoms with Crippen molar-refractivity contribution in [1.29, 1.82) is 0 Å². The minimum atomic E-state index is -2.64. The minimum absolute atomic E-state index is 0.0798. The fourth-order valence-corrected chi connectivity index (χ4v) is 8.34. The molecule has 1 aliphatic heterocycles. The highest BCUT2D eigenvalue weighted by atomic mass is 28.4. The van der Waals surface area contributed by atoms with Crippen LogP contribution in [0.3, 0.4) is 0 Å². The van der Waals surface area contributed by atoms with Crippen molar-refractivity contribution in [3.8, 4) is 5.75 Å². The lowest BCUT2D eigenvalue weighted by Crippen LogP contribution is -2.60. The molecule has 0 bridgehead atoms. The van der Waals surface area contributed by atoms with E-state index in [9.17, 15) is 0 Å². The fraction of sp³-hybridized carbons (Fsp3) is 0.391. The second kappa shape index (κ2) is 6.31. The van der Waals surface area contributed by atoms with E-state index in [0.29, 0.717) is 0 Å². The Morgan fingerprint density at radius 2 is 1.42 bits per heavy atom. The first kappa shape index (κ1) is 18.8. The molecule has 3 heteroatoms. The summed E-state index contributed by atoms with van der Waals surface area (Å²) < 4.78 is 13.6. The second-order valence-electron chi connectivity index (χ2n) is 9.24. The Morgan fingerprint density at radius 3 is 2.00 bits per heavy atom. The lowest BCUT2D eigenvalue weighted by atomic mass is 10.1. The van der Waals surface area contributed by atoms with Gasteiger partial charge in [0.1, 0.15) is 11.5 Å². The molecule has 0 saturated heterocycles. The molecular weight excluding hydrogens is 336 g/mol. The average Bonchev–Trinajstić information content (AvgIpc) is 2.54. The van der Waals surface area contributed by atoms with Crippen molar-refractivity contribution in [2.75, 3.05) is 0 Å². The van der Waals surface area contributed by atoms with E-state index in [1.165, 1.54) is 5.56 Å². The van der Waals surface area contributed by atoms with Crippen LogP contribution in [0, 0.1) is 6.92 Å². The Bertz CT molecular complexity index is 810. The summed E-state index contributed by atoms with van der Waals surface area (Å²) >= 11 is 0. The SMILES string of the molecule is Cc1ccc2c(c1)/C(=C/c1ccccc1)O[Si](C(C)(C)C)(C(C)(C)C)O2. The first-order valence-corrected chi connectivity index (χ1v) is 11.1. The number of fused-ring (bicyclic) bond motifs is 1. The number of hydrogen-bond acceptors (Lipinski definition) is 2. The van der Waals surface area contributed by atoms with Crippen molar-refractivity contribution < 1.29 is 8.85 Å². The molecule has 1 heterocycles. The number of benzene rings is 2. The van der Waals surface area contributed by atoms with Gasteiger partial charge in [-0.05, 0) is 30.7 Å². The second-order valence-corrected chi connectivity index (χ2v) is 13.9. The Morgan fingerprint density at radius 1 is 0.808 bits per heavy atom. The highest BCUT2D eigenvalue weighted by Gasteiger charge is 2.64. The molecule has 2 nitrogen and oxygen atoms in total. The Balaban J connectivity index is 2.24. The van der Waals surface area contributed by atoms with Gasteiger partial charge < -0.3 is 8.85 Å². The molecule has 3 rings (SSSR count).